The van der Waals surface area contributed by atoms with Crippen LogP contribution in [0.5, 0.6) is 0 Å². The van der Waals surface area contributed by atoms with Crippen molar-refractivity contribution in [3.63, 3.8) is 0 Å². The van der Waals surface area contributed by atoms with Gasteiger partial charge in [0, 0.05) is 6.92 Å². The molecule has 0 heterocycles. The molecule has 4 aliphatic rings. The zero-order valence-electron chi connectivity index (χ0n) is 21.5. The maximum absolute atomic E-state index is 12.0. The van der Waals surface area contributed by atoms with Gasteiger partial charge in [-0.05, 0) is 96.9 Å². The van der Waals surface area contributed by atoms with Crippen LogP contribution in [0.1, 0.15) is 106 Å². The zero-order valence-corrected chi connectivity index (χ0v) is 21.5. The first-order chi connectivity index (χ1) is 15.1. The van der Waals surface area contributed by atoms with E-state index in [2.05, 4.69) is 40.7 Å². The van der Waals surface area contributed by atoms with Gasteiger partial charge in [0.05, 0.1) is 6.10 Å². The molecule has 0 aromatic heterocycles. The van der Waals surface area contributed by atoms with E-state index in [1.165, 1.54) is 50.5 Å². The Labute approximate surface area is 196 Å². The fourth-order valence-electron chi connectivity index (χ4n) is 9.07. The van der Waals surface area contributed by atoms with Gasteiger partial charge in [0.1, 0.15) is 6.10 Å². The van der Waals surface area contributed by atoms with Gasteiger partial charge in [-0.1, -0.05) is 60.0 Å². The molecule has 3 saturated carbocycles. The maximum atomic E-state index is 12.0. The summed E-state index contributed by atoms with van der Waals surface area (Å²) in [4.78, 5) is 12.0. The molecule has 4 aliphatic carbocycles. The second-order valence-electron chi connectivity index (χ2n) is 12.9. The number of esters is 1. The van der Waals surface area contributed by atoms with Crippen molar-refractivity contribution in [1.29, 1.82) is 0 Å². The second kappa shape index (κ2) is 9.08. The number of aliphatic hydroxyl groups excluding tert-OH is 1. The Kier molecular flexibility index (Phi) is 6.90. The van der Waals surface area contributed by atoms with Gasteiger partial charge in [-0.15, -0.1) is 0 Å². The number of carbonyl (C=O) groups excluding carboxylic acids is 1. The SMILES string of the molecule is CC(=O)O[C@H]1C[C@H]2[C@@H]3CC[C@H]([C@H](C)CCCC(C)C)[C@@]3(C)CC[C@@H]2[C@@]2(C)CC[C@H](O)C=C12. The highest BCUT2D eigenvalue weighted by molar-refractivity contribution is 5.66. The van der Waals surface area contributed by atoms with Gasteiger partial charge in [0.25, 0.3) is 0 Å². The van der Waals surface area contributed by atoms with Gasteiger partial charge >= 0.3 is 5.97 Å². The van der Waals surface area contributed by atoms with E-state index in [0.29, 0.717) is 17.3 Å². The number of aliphatic hydroxyl groups is 1. The van der Waals surface area contributed by atoms with Crippen LogP contribution in [0.25, 0.3) is 0 Å². The van der Waals surface area contributed by atoms with Gasteiger partial charge < -0.3 is 9.84 Å². The molecule has 0 aromatic rings. The number of hydrogen-bond donors (Lipinski definition) is 1. The third-order valence-electron chi connectivity index (χ3n) is 10.6. The molecule has 1 N–H and O–H groups in total. The van der Waals surface area contributed by atoms with Crippen LogP contribution in [0.3, 0.4) is 0 Å². The maximum Gasteiger partial charge on any atom is 0.303 e. The molecule has 0 amide bonds. The molecule has 3 nitrogen and oxygen atoms in total. The minimum atomic E-state index is -0.385. The van der Waals surface area contributed by atoms with E-state index in [1.807, 2.05) is 0 Å². The first-order valence-corrected chi connectivity index (χ1v) is 13.6. The molecule has 3 fully saturated rings. The molecule has 0 spiro atoms. The summed E-state index contributed by atoms with van der Waals surface area (Å²) >= 11 is 0. The molecule has 0 saturated heterocycles. The average molecular weight is 445 g/mol. The Bertz CT molecular complexity index is 726. The van der Waals surface area contributed by atoms with E-state index >= 15 is 0 Å². The summed E-state index contributed by atoms with van der Waals surface area (Å²) < 4.78 is 5.94. The number of hydrogen-bond acceptors (Lipinski definition) is 3. The highest BCUT2D eigenvalue weighted by Crippen LogP contribution is 2.68. The predicted molar refractivity (Wildman–Crippen MR) is 130 cm³/mol. The zero-order chi connectivity index (χ0) is 23.3. The molecular weight excluding hydrogens is 396 g/mol. The lowest BCUT2D eigenvalue weighted by Gasteiger charge is -2.60. The Morgan fingerprint density at radius 3 is 2.53 bits per heavy atom. The summed E-state index contributed by atoms with van der Waals surface area (Å²) in [5, 5.41) is 10.4. The molecule has 182 valence electrons. The fraction of sp³-hybridized carbons (Fsp3) is 0.897. The lowest BCUT2D eigenvalue weighted by molar-refractivity contribution is -0.153. The van der Waals surface area contributed by atoms with Crippen molar-refractivity contribution in [3.8, 4) is 0 Å². The van der Waals surface area contributed by atoms with Crippen molar-refractivity contribution in [1.82, 2.24) is 0 Å². The topological polar surface area (TPSA) is 46.5 Å². The Balaban J connectivity index is 1.57. The molecule has 3 heteroatoms. The van der Waals surface area contributed by atoms with E-state index in [9.17, 15) is 9.90 Å². The number of carbonyl (C=O) groups is 1. The van der Waals surface area contributed by atoms with Crippen LogP contribution in [0.15, 0.2) is 11.6 Å². The third-order valence-corrected chi connectivity index (χ3v) is 10.6. The first-order valence-electron chi connectivity index (χ1n) is 13.6. The van der Waals surface area contributed by atoms with Crippen LogP contribution in [0.2, 0.25) is 0 Å². The summed E-state index contributed by atoms with van der Waals surface area (Å²) in [6, 6.07) is 0. The Morgan fingerprint density at radius 2 is 1.84 bits per heavy atom. The minimum Gasteiger partial charge on any atom is -0.458 e. The van der Waals surface area contributed by atoms with Crippen LogP contribution in [-0.4, -0.2) is 23.3 Å². The van der Waals surface area contributed by atoms with Gasteiger partial charge in [-0.3, -0.25) is 4.79 Å². The van der Waals surface area contributed by atoms with Gasteiger partial charge in [-0.2, -0.15) is 0 Å². The lowest BCUT2D eigenvalue weighted by Crippen LogP contribution is -2.55. The van der Waals surface area contributed by atoms with Crippen molar-refractivity contribution in [2.75, 3.05) is 0 Å². The standard InChI is InChI=1S/C29H48O3/c1-18(2)8-7-9-19(3)23-10-11-24-22-17-27(32-20(4)30)26-16-21(31)12-14-29(26,6)25(22)13-15-28(23,24)5/h16,18-19,21-25,27,31H,7-15,17H2,1-6H3/t19-,21+,22+,23-,24+,25+,27+,28-,29-/m1/s1. The molecular formula is C29H48O3. The van der Waals surface area contributed by atoms with E-state index in [4.69, 9.17) is 4.74 Å². The van der Waals surface area contributed by atoms with Crippen LogP contribution in [-0.2, 0) is 9.53 Å². The molecule has 32 heavy (non-hydrogen) atoms. The van der Waals surface area contributed by atoms with Crippen molar-refractivity contribution in [2.24, 2.45) is 46.3 Å². The van der Waals surface area contributed by atoms with Crippen LogP contribution < -0.4 is 0 Å². The predicted octanol–water partition coefficient (Wildman–Crippen LogP) is 6.93. The van der Waals surface area contributed by atoms with Crippen LogP contribution >= 0.6 is 0 Å². The molecule has 9 atom stereocenters. The Hall–Kier alpha value is -0.830. The van der Waals surface area contributed by atoms with Crippen molar-refractivity contribution in [2.45, 2.75) is 118 Å². The van der Waals surface area contributed by atoms with E-state index in [0.717, 1.165) is 42.9 Å². The second-order valence-corrected chi connectivity index (χ2v) is 12.9. The highest BCUT2D eigenvalue weighted by Gasteiger charge is 2.61. The summed E-state index contributed by atoms with van der Waals surface area (Å²) in [6.07, 6.45) is 13.8. The summed E-state index contributed by atoms with van der Waals surface area (Å²) in [5.74, 6) is 4.33. The van der Waals surface area contributed by atoms with Crippen LogP contribution in [0, 0.1) is 46.3 Å². The van der Waals surface area contributed by atoms with Crippen LogP contribution in [0.4, 0.5) is 0 Å². The minimum absolute atomic E-state index is 0.0740. The number of ether oxygens (including phenoxy) is 1. The van der Waals surface area contributed by atoms with Crippen molar-refractivity contribution >= 4 is 5.97 Å². The van der Waals surface area contributed by atoms with Crippen molar-refractivity contribution < 1.29 is 14.6 Å². The molecule has 0 aromatic carbocycles. The summed E-state index contributed by atoms with van der Waals surface area (Å²) in [7, 11) is 0. The highest BCUT2D eigenvalue weighted by atomic mass is 16.5. The monoisotopic (exact) mass is 444 g/mol. The third kappa shape index (κ3) is 4.21. The normalized spacial score (nSPS) is 44.3. The van der Waals surface area contributed by atoms with Gasteiger partial charge in [-0.25, -0.2) is 0 Å². The molecule has 0 radical (unpaired) electrons. The number of fused-ring (bicyclic) bond motifs is 5. The van der Waals surface area contributed by atoms with Crippen molar-refractivity contribution in [3.05, 3.63) is 11.6 Å². The van der Waals surface area contributed by atoms with Gasteiger partial charge in [0.15, 0.2) is 0 Å². The molecule has 4 rings (SSSR count). The van der Waals surface area contributed by atoms with Gasteiger partial charge in [0.2, 0.25) is 0 Å². The number of rotatable bonds is 6. The Morgan fingerprint density at radius 1 is 1.09 bits per heavy atom. The first kappa shape index (κ1) is 24.3. The molecule has 0 aliphatic heterocycles. The smallest absolute Gasteiger partial charge is 0.303 e. The quantitative estimate of drug-likeness (QED) is 0.357. The molecule has 0 bridgehead atoms. The van der Waals surface area contributed by atoms with E-state index < -0.39 is 0 Å². The van der Waals surface area contributed by atoms with E-state index in [1.54, 1.807) is 6.92 Å². The van der Waals surface area contributed by atoms with E-state index in [-0.39, 0.29) is 23.6 Å². The summed E-state index contributed by atoms with van der Waals surface area (Å²) in [5.41, 5.74) is 1.74. The largest absolute Gasteiger partial charge is 0.458 e. The average Bonchev–Trinajstić information content (AvgIpc) is 3.06. The lowest BCUT2D eigenvalue weighted by atomic mass is 9.46. The summed E-state index contributed by atoms with van der Waals surface area (Å²) in [6.45, 7) is 13.8. The molecule has 0 unspecified atom stereocenters. The fourth-order valence-corrected chi connectivity index (χ4v) is 9.07.